The number of nitrogens with zero attached hydrogens (tertiary/aromatic N) is 3. The second kappa shape index (κ2) is 6.50. The zero-order chi connectivity index (χ0) is 13.7. The van der Waals surface area contributed by atoms with E-state index in [1.165, 1.54) is 0 Å². The molecule has 0 spiro atoms. The molecule has 1 aliphatic heterocycles. The molecule has 1 aromatic rings. The van der Waals surface area contributed by atoms with Crippen LogP contribution in [0.2, 0.25) is 0 Å². The van der Waals surface area contributed by atoms with E-state index in [1.54, 1.807) is 0 Å². The van der Waals surface area contributed by atoms with Gasteiger partial charge in [0, 0.05) is 39.0 Å². The molecule has 0 saturated carbocycles. The topological polar surface area (TPSA) is 53.3 Å². The fourth-order valence-corrected chi connectivity index (χ4v) is 2.81. The predicted octanol–water partition coefficient (Wildman–Crippen LogP) is 0.399. The molecule has 0 amide bonds. The first kappa shape index (κ1) is 14.5. The van der Waals surface area contributed by atoms with E-state index < -0.39 is 5.60 Å². The van der Waals surface area contributed by atoms with Gasteiger partial charge in [0.2, 0.25) is 0 Å². The zero-order valence-corrected chi connectivity index (χ0v) is 12.1. The SMILES string of the molecule is CN(CCCc1nccn1C)C[C@@]1(O)CCCNC1. The third-order valence-corrected chi connectivity index (χ3v) is 3.88. The Labute approximate surface area is 115 Å². The van der Waals surface area contributed by atoms with Crippen LogP contribution in [0.3, 0.4) is 0 Å². The Balaban J connectivity index is 1.69. The molecular formula is C14H26N4O. The van der Waals surface area contributed by atoms with E-state index in [0.717, 1.165) is 57.7 Å². The standard InChI is InChI=1S/C14H26N4O/c1-17(12-14(19)6-4-7-15-11-14)9-3-5-13-16-8-10-18(13)2/h8,10,15,19H,3-7,9,11-12H2,1-2H3/t14-/m1/s1. The van der Waals surface area contributed by atoms with Gasteiger partial charge in [-0.05, 0) is 39.4 Å². The number of hydrogen-bond acceptors (Lipinski definition) is 4. The number of aryl methyl sites for hydroxylation is 2. The maximum absolute atomic E-state index is 10.4. The fraction of sp³-hybridized carbons (Fsp3) is 0.786. The van der Waals surface area contributed by atoms with E-state index >= 15 is 0 Å². The molecule has 1 fully saturated rings. The van der Waals surface area contributed by atoms with E-state index in [2.05, 4.69) is 26.8 Å². The Morgan fingerprint density at radius 3 is 3.05 bits per heavy atom. The van der Waals surface area contributed by atoms with E-state index in [4.69, 9.17) is 0 Å². The highest BCUT2D eigenvalue weighted by Gasteiger charge is 2.30. The lowest BCUT2D eigenvalue weighted by atomic mass is 9.93. The first-order valence-electron chi connectivity index (χ1n) is 7.17. The quantitative estimate of drug-likeness (QED) is 0.782. The van der Waals surface area contributed by atoms with E-state index in [9.17, 15) is 5.11 Å². The van der Waals surface area contributed by atoms with Crippen molar-refractivity contribution in [1.82, 2.24) is 19.8 Å². The summed E-state index contributed by atoms with van der Waals surface area (Å²) in [6, 6.07) is 0. The van der Waals surface area contributed by atoms with Crippen LogP contribution in [0.25, 0.3) is 0 Å². The van der Waals surface area contributed by atoms with Gasteiger partial charge in [-0.2, -0.15) is 0 Å². The minimum absolute atomic E-state index is 0.545. The van der Waals surface area contributed by atoms with Gasteiger partial charge in [-0.15, -0.1) is 0 Å². The highest BCUT2D eigenvalue weighted by atomic mass is 16.3. The van der Waals surface area contributed by atoms with Crippen molar-refractivity contribution in [3.8, 4) is 0 Å². The molecule has 0 bridgehead atoms. The smallest absolute Gasteiger partial charge is 0.108 e. The molecule has 0 aliphatic carbocycles. The molecular weight excluding hydrogens is 240 g/mol. The van der Waals surface area contributed by atoms with Gasteiger partial charge in [0.05, 0.1) is 5.60 Å². The molecule has 2 rings (SSSR count). The molecule has 1 aromatic heterocycles. The zero-order valence-electron chi connectivity index (χ0n) is 12.1. The summed E-state index contributed by atoms with van der Waals surface area (Å²) in [6.07, 6.45) is 7.86. The Morgan fingerprint density at radius 2 is 2.42 bits per heavy atom. The first-order chi connectivity index (χ1) is 9.09. The molecule has 5 nitrogen and oxygen atoms in total. The van der Waals surface area contributed by atoms with Crippen LogP contribution in [0.15, 0.2) is 12.4 Å². The summed E-state index contributed by atoms with van der Waals surface area (Å²) >= 11 is 0. The summed E-state index contributed by atoms with van der Waals surface area (Å²) in [5, 5.41) is 13.7. The van der Waals surface area contributed by atoms with Crippen LogP contribution >= 0.6 is 0 Å². The van der Waals surface area contributed by atoms with Crippen LogP contribution in [-0.4, -0.2) is 58.4 Å². The van der Waals surface area contributed by atoms with Crippen molar-refractivity contribution in [2.75, 3.05) is 33.2 Å². The van der Waals surface area contributed by atoms with Gasteiger partial charge in [0.25, 0.3) is 0 Å². The minimum atomic E-state index is -0.545. The molecule has 0 radical (unpaired) electrons. The first-order valence-corrected chi connectivity index (χ1v) is 7.17. The van der Waals surface area contributed by atoms with Crippen molar-refractivity contribution >= 4 is 0 Å². The van der Waals surface area contributed by atoms with E-state index in [1.807, 2.05) is 19.4 Å². The Kier molecular flexibility index (Phi) is 4.96. The van der Waals surface area contributed by atoms with Gasteiger partial charge >= 0.3 is 0 Å². The number of rotatable bonds is 6. The lowest BCUT2D eigenvalue weighted by Crippen LogP contribution is -2.52. The lowest BCUT2D eigenvalue weighted by Gasteiger charge is -2.36. The van der Waals surface area contributed by atoms with Crippen LogP contribution < -0.4 is 5.32 Å². The molecule has 2 N–H and O–H groups in total. The second-order valence-corrected chi connectivity index (χ2v) is 5.80. The van der Waals surface area contributed by atoms with Crippen LogP contribution in [0.5, 0.6) is 0 Å². The average molecular weight is 266 g/mol. The molecule has 1 saturated heterocycles. The van der Waals surface area contributed by atoms with Gasteiger partial charge < -0.3 is 19.9 Å². The number of aromatic nitrogens is 2. The Bertz CT molecular complexity index is 385. The van der Waals surface area contributed by atoms with Crippen molar-refractivity contribution in [3.63, 3.8) is 0 Å². The number of imidazole rings is 1. The van der Waals surface area contributed by atoms with Crippen LogP contribution in [-0.2, 0) is 13.5 Å². The Hall–Kier alpha value is -0.910. The highest BCUT2D eigenvalue weighted by Crippen LogP contribution is 2.17. The van der Waals surface area contributed by atoms with Crippen molar-refractivity contribution in [2.45, 2.75) is 31.3 Å². The molecule has 0 aromatic carbocycles. The number of piperidine rings is 1. The van der Waals surface area contributed by atoms with E-state index in [-0.39, 0.29) is 0 Å². The van der Waals surface area contributed by atoms with Gasteiger partial charge in [0.15, 0.2) is 0 Å². The summed E-state index contributed by atoms with van der Waals surface area (Å²) in [5.74, 6) is 1.13. The van der Waals surface area contributed by atoms with E-state index in [0.29, 0.717) is 0 Å². The normalized spacial score (nSPS) is 24.0. The fourth-order valence-electron chi connectivity index (χ4n) is 2.81. The van der Waals surface area contributed by atoms with Crippen molar-refractivity contribution < 1.29 is 5.11 Å². The minimum Gasteiger partial charge on any atom is -0.387 e. The van der Waals surface area contributed by atoms with Gasteiger partial charge in [-0.3, -0.25) is 0 Å². The summed E-state index contributed by atoms with van der Waals surface area (Å²) in [7, 11) is 4.12. The van der Waals surface area contributed by atoms with Crippen LogP contribution in [0.1, 0.15) is 25.1 Å². The maximum atomic E-state index is 10.4. The number of likely N-dealkylation sites (N-methyl/N-ethyl adjacent to an activating group) is 1. The molecule has 1 aliphatic rings. The molecule has 5 heteroatoms. The molecule has 0 unspecified atom stereocenters. The lowest BCUT2D eigenvalue weighted by molar-refractivity contribution is -0.00974. The number of nitrogens with one attached hydrogen (secondary N) is 1. The summed E-state index contributed by atoms with van der Waals surface area (Å²) in [5.41, 5.74) is -0.545. The molecule has 19 heavy (non-hydrogen) atoms. The van der Waals surface area contributed by atoms with Crippen molar-refractivity contribution in [1.29, 1.82) is 0 Å². The molecule has 2 heterocycles. The predicted molar refractivity (Wildman–Crippen MR) is 76.1 cm³/mol. The summed E-state index contributed by atoms with van der Waals surface area (Å²) in [4.78, 5) is 6.56. The van der Waals surface area contributed by atoms with Crippen molar-refractivity contribution in [3.05, 3.63) is 18.2 Å². The average Bonchev–Trinajstić information content (AvgIpc) is 2.75. The van der Waals surface area contributed by atoms with Gasteiger partial charge in [-0.25, -0.2) is 4.98 Å². The van der Waals surface area contributed by atoms with Crippen molar-refractivity contribution in [2.24, 2.45) is 7.05 Å². The van der Waals surface area contributed by atoms with Gasteiger partial charge in [-0.1, -0.05) is 0 Å². The highest BCUT2D eigenvalue weighted by molar-refractivity contribution is 4.91. The molecule has 108 valence electrons. The van der Waals surface area contributed by atoms with Crippen LogP contribution in [0.4, 0.5) is 0 Å². The second-order valence-electron chi connectivity index (χ2n) is 5.80. The van der Waals surface area contributed by atoms with Crippen LogP contribution in [0, 0.1) is 0 Å². The number of aliphatic hydroxyl groups is 1. The summed E-state index contributed by atoms with van der Waals surface area (Å²) in [6.45, 7) is 3.50. The monoisotopic (exact) mass is 266 g/mol. The largest absolute Gasteiger partial charge is 0.387 e. The number of hydrogen-bond donors (Lipinski definition) is 2. The van der Waals surface area contributed by atoms with Gasteiger partial charge in [0.1, 0.15) is 5.82 Å². The third-order valence-electron chi connectivity index (χ3n) is 3.88. The summed E-state index contributed by atoms with van der Waals surface area (Å²) < 4.78 is 2.07. The third kappa shape index (κ3) is 4.30. The Morgan fingerprint density at radius 1 is 1.58 bits per heavy atom. The molecule has 1 atom stereocenters. The maximum Gasteiger partial charge on any atom is 0.108 e. The number of β-amino-alcohol motifs (C(OH)–C–C–N with tert-alkyl or cyclic N) is 1.